The van der Waals surface area contributed by atoms with Gasteiger partial charge in [0.25, 0.3) is 0 Å². The van der Waals surface area contributed by atoms with Gasteiger partial charge < -0.3 is 26.0 Å². The molecule has 4 rings (SSSR count). The third-order valence-corrected chi connectivity index (χ3v) is 10.7. The van der Waals surface area contributed by atoms with Gasteiger partial charge in [-0.3, -0.25) is 48.4 Å². The number of carbonyl (C=O) groups excluding carboxylic acids is 3. The summed E-state index contributed by atoms with van der Waals surface area (Å²) in [6.07, 6.45) is 10.4. The standard InChI is InChI=1S/C38H58N6O9/c45-33(10-7-15-44-34(46)23-32(38(44)53)29-8-5-3-1-2-4-6-9-29)40-30-13-11-28(12-14-30)22-31(39-24-35(47)48)25-41-16-18-42(26-36(49)50)20-21-43(19-17-41)27-37(51)52/h11-14,29,31-32,39H,1-10,15-27H2,(H,40,45)(H,47,48)(H,49,50)(H,51,52). The summed E-state index contributed by atoms with van der Waals surface area (Å²) < 4.78 is 0. The van der Waals surface area contributed by atoms with Gasteiger partial charge in [0.1, 0.15) is 0 Å². The summed E-state index contributed by atoms with van der Waals surface area (Å²) in [5.74, 6) is -3.30. The van der Waals surface area contributed by atoms with Gasteiger partial charge in [0.15, 0.2) is 0 Å². The van der Waals surface area contributed by atoms with Gasteiger partial charge in [-0.15, -0.1) is 0 Å². The van der Waals surface area contributed by atoms with Crippen molar-refractivity contribution in [2.75, 3.05) is 77.3 Å². The van der Waals surface area contributed by atoms with Crippen LogP contribution in [-0.2, 0) is 35.2 Å². The van der Waals surface area contributed by atoms with Crippen LogP contribution in [0.1, 0.15) is 76.2 Å². The zero-order valence-corrected chi connectivity index (χ0v) is 30.9. The van der Waals surface area contributed by atoms with Crippen LogP contribution in [0.15, 0.2) is 24.3 Å². The van der Waals surface area contributed by atoms with Gasteiger partial charge in [0.2, 0.25) is 17.7 Å². The van der Waals surface area contributed by atoms with E-state index >= 15 is 0 Å². The zero-order valence-electron chi connectivity index (χ0n) is 30.9. The topological polar surface area (TPSA) is 200 Å². The molecule has 0 bridgehead atoms. The number of amides is 3. The number of carboxylic acids is 3. The van der Waals surface area contributed by atoms with Crippen molar-refractivity contribution in [3.63, 3.8) is 0 Å². The molecule has 3 aliphatic rings. The van der Waals surface area contributed by atoms with Crippen molar-refractivity contribution in [3.8, 4) is 0 Å². The van der Waals surface area contributed by atoms with E-state index in [4.69, 9.17) is 0 Å². The fraction of sp³-hybridized carbons (Fsp3) is 0.684. The van der Waals surface area contributed by atoms with E-state index < -0.39 is 17.9 Å². The number of likely N-dealkylation sites (tertiary alicyclic amines) is 1. The molecular formula is C38H58N6O9. The lowest BCUT2D eigenvalue weighted by molar-refractivity contribution is -0.141. The first-order valence-electron chi connectivity index (χ1n) is 19.3. The third-order valence-electron chi connectivity index (χ3n) is 10.7. The van der Waals surface area contributed by atoms with Crippen molar-refractivity contribution in [1.82, 2.24) is 24.9 Å². The Bertz CT molecular complexity index is 1350. The molecule has 3 amide bonds. The first-order chi connectivity index (χ1) is 25.5. The van der Waals surface area contributed by atoms with Crippen molar-refractivity contribution in [3.05, 3.63) is 29.8 Å². The summed E-state index contributed by atoms with van der Waals surface area (Å²) >= 11 is 0. The van der Waals surface area contributed by atoms with E-state index in [2.05, 4.69) is 15.5 Å². The number of carboxylic acid groups (broad SMARTS) is 3. The minimum absolute atomic E-state index is 0.0754. The number of benzene rings is 1. The van der Waals surface area contributed by atoms with E-state index in [0.29, 0.717) is 64.3 Å². The quantitative estimate of drug-likeness (QED) is 0.146. The molecule has 2 atom stereocenters. The minimum atomic E-state index is -0.999. The van der Waals surface area contributed by atoms with Crippen LogP contribution < -0.4 is 10.6 Å². The van der Waals surface area contributed by atoms with Crippen molar-refractivity contribution < 1.29 is 44.1 Å². The zero-order chi connectivity index (χ0) is 38.2. The fourth-order valence-corrected chi connectivity index (χ4v) is 7.82. The lowest BCUT2D eigenvalue weighted by Crippen LogP contribution is -2.47. The maximum Gasteiger partial charge on any atom is 0.317 e. The molecule has 2 aliphatic heterocycles. The van der Waals surface area contributed by atoms with Gasteiger partial charge >= 0.3 is 17.9 Å². The maximum absolute atomic E-state index is 13.2. The first-order valence-corrected chi connectivity index (χ1v) is 19.3. The SMILES string of the molecule is O=C(O)CNC(Cc1ccc(NC(=O)CCCN2C(=O)CC(C3CCCCCCCC3)C2=O)cc1)CN1CCN(CC(=O)O)CCN(CC(=O)O)CC1. The van der Waals surface area contributed by atoms with E-state index in [9.17, 15) is 44.1 Å². The summed E-state index contributed by atoms with van der Waals surface area (Å²) in [5.41, 5.74) is 1.51. The van der Waals surface area contributed by atoms with Crippen LogP contribution in [0.4, 0.5) is 5.69 Å². The predicted octanol–water partition coefficient (Wildman–Crippen LogP) is 2.21. The van der Waals surface area contributed by atoms with Gasteiger partial charge in [-0.25, -0.2) is 0 Å². The predicted molar refractivity (Wildman–Crippen MR) is 197 cm³/mol. The average molecular weight is 743 g/mol. The largest absolute Gasteiger partial charge is 0.480 e. The Hall–Kier alpha value is -3.92. The highest BCUT2D eigenvalue weighted by Crippen LogP contribution is 2.35. The van der Waals surface area contributed by atoms with Gasteiger partial charge in [0.05, 0.1) is 25.6 Å². The van der Waals surface area contributed by atoms with Crippen molar-refractivity contribution in [2.24, 2.45) is 11.8 Å². The van der Waals surface area contributed by atoms with Crippen molar-refractivity contribution in [2.45, 2.75) is 83.1 Å². The van der Waals surface area contributed by atoms with Crippen LogP contribution in [0.3, 0.4) is 0 Å². The second-order valence-corrected chi connectivity index (χ2v) is 14.8. The summed E-state index contributed by atoms with van der Waals surface area (Å²) in [6.45, 7) is 2.99. The highest BCUT2D eigenvalue weighted by molar-refractivity contribution is 6.03. The summed E-state index contributed by atoms with van der Waals surface area (Å²) in [7, 11) is 0. The van der Waals surface area contributed by atoms with Gasteiger partial charge in [0, 0.05) is 76.9 Å². The van der Waals surface area contributed by atoms with Crippen molar-refractivity contribution in [1.29, 1.82) is 0 Å². The Morgan fingerprint density at radius 2 is 1.28 bits per heavy atom. The lowest BCUT2D eigenvalue weighted by atomic mass is 9.83. The van der Waals surface area contributed by atoms with E-state index in [1.54, 1.807) is 21.9 Å². The molecule has 0 radical (unpaired) electrons. The smallest absolute Gasteiger partial charge is 0.317 e. The van der Waals surface area contributed by atoms with E-state index in [1.807, 2.05) is 12.1 Å². The number of nitrogens with one attached hydrogen (secondary N) is 2. The van der Waals surface area contributed by atoms with Crippen LogP contribution in [0, 0.1) is 11.8 Å². The summed E-state index contributed by atoms with van der Waals surface area (Å²) in [4.78, 5) is 80.1. The molecule has 2 saturated heterocycles. The molecule has 53 heavy (non-hydrogen) atoms. The molecule has 5 N–H and O–H groups in total. The number of rotatable bonds is 17. The maximum atomic E-state index is 13.2. The van der Waals surface area contributed by atoms with E-state index in [0.717, 1.165) is 31.2 Å². The first kappa shape index (κ1) is 41.8. The Labute approximate surface area is 312 Å². The Morgan fingerprint density at radius 3 is 1.83 bits per heavy atom. The van der Waals surface area contributed by atoms with E-state index in [1.165, 1.54) is 30.6 Å². The molecule has 0 aromatic heterocycles. The van der Waals surface area contributed by atoms with Gasteiger partial charge in [-0.1, -0.05) is 50.7 Å². The molecule has 0 spiro atoms. The monoisotopic (exact) mass is 742 g/mol. The Kier molecular flexibility index (Phi) is 17.1. The number of hydrogen-bond acceptors (Lipinski definition) is 10. The van der Waals surface area contributed by atoms with Gasteiger partial charge in [-0.2, -0.15) is 0 Å². The van der Waals surface area contributed by atoms with Crippen molar-refractivity contribution >= 4 is 41.3 Å². The second-order valence-electron chi connectivity index (χ2n) is 14.8. The van der Waals surface area contributed by atoms with Crippen LogP contribution in [0.25, 0.3) is 0 Å². The molecule has 1 aromatic rings. The summed E-state index contributed by atoms with van der Waals surface area (Å²) in [5, 5.41) is 34.1. The number of hydrogen-bond donors (Lipinski definition) is 5. The van der Waals surface area contributed by atoms with Crippen LogP contribution in [-0.4, -0.2) is 149 Å². The molecule has 2 heterocycles. The lowest BCUT2D eigenvalue weighted by Gasteiger charge is -2.29. The molecule has 1 saturated carbocycles. The second kappa shape index (κ2) is 21.7. The normalized spacial score (nSPS) is 21.1. The average Bonchev–Trinajstić information content (AvgIpc) is 3.49. The molecule has 15 heteroatoms. The van der Waals surface area contributed by atoms with Crippen LogP contribution >= 0.6 is 0 Å². The molecule has 2 unspecified atom stereocenters. The number of imide groups is 1. The van der Waals surface area contributed by atoms with Gasteiger partial charge in [-0.05, 0) is 49.3 Å². The van der Waals surface area contributed by atoms with E-state index in [-0.39, 0.29) is 74.6 Å². The van der Waals surface area contributed by atoms with Crippen LogP contribution in [0.2, 0.25) is 0 Å². The number of anilines is 1. The molecular weight excluding hydrogens is 684 g/mol. The van der Waals surface area contributed by atoms with Crippen LogP contribution in [0.5, 0.6) is 0 Å². The molecule has 1 aliphatic carbocycles. The third kappa shape index (κ3) is 14.8. The Morgan fingerprint density at radius 1 is 0.736 bits per heavy atom. The fourth-order valence-electron chi connectivity index (χ4n) is 7.82. The molecule has 3 fully saturated rings. The molecule has 294 valence electrons. The minimum Gasteiger partial charge on any atom is -0.480 e. The summed E-state index contributed by atoms with van der Waals surface area (Å²) in [6, 6.07) is 7.02. The highest BCUT2D eigenvalue weighted by atomic mass is 16.4. The highest BCUT2D eigenvalue weighted by Gasteiger charge is 2.42. The number of nitrogens with zero attached hydrogens (tertiary/aromatic N) is 4. The molecule has 1 aromatic carbocycles. The number of carbonyl (C=O) groups is 6. The molecule has 15 nitrogen and oxygen atoms in total. The number of aliphatic carboxylic acids is 3. The Balaban J connectivity index is 1.27.